The highest BCUT2D eigenvalue weighted by molar-refractivity contribution is 5.51. The second kappa shape index (κ2) is 8.09. The summed E-state index contributed by atoms with van der Waals surface area (Å²) in [5, 5.41) is 0. The van der Waals surface area contributed by atoms with Gasteiger partial charge in [-0.25, -0.2) is 4.98 Å². The number of rotatable bonds is 3. The molecule has 1 saturated carbocycles. The molecule has 1 aliphatic carbocycles. The highest BCUT2D eigenvalue weighted by Crippen LogP contribution is 2.43. The van der Waals surface area contributed by atoms with Crippen LogP contribution in [0.4, 0.5) is 11.5 Å². The molecule has 4 fully saturated rings. The lowest BCUT2D eigenvalue weighted by molar-refractivity contribution is 0.0305. The molecule has 3 aliphatic heterocycles. The number of anilines is 2. The van der Waals surface area contributed by atoms with Crippen LogP contribution in [-0.4, -0.2) is 55.2 Å². The third-order valence-electron chi connectivity index (χ3n) is 8.56. The minimum Gasteiger partial charge on any atom is -0.370 e. The van der Waals surface area contributed by atoms with Gasteiger partial charge in [0.1, 0.15) is 5.82 Å². The number of hydrogen-bond donors (Lipinski definition) is 0. The molecule has 4 heteroatoms. The largest absolute Gasteiger partial charge is 0.370 e. The quantitative estimate of drug-likeness (QED) is 0.732. The molecule has 0 N–H and O–H groups in total. The number of likely N-dealkylation sites (tertiary alicyclic amines) is 1. The second-order valence-corrected chi connectivity index (χ2v) is 10.8. The van der Waals surface area contributed by atoms with Crippen molar-refractivity contribution in [2.75, 3.05) is 49.1 Å². The summed E-state index contributed by atoms with van der Waals surface area (Å²) in [6.45, 7) is 12.2. The van der Waals surface area contributed by atoms with Crippen molar-refractivity contribution in [3.8, 4) is 0 Å². The van der Waals surface area contributed by atoms with E-state index in [0.29, 0.717) is 5.41 Å². The van der Waals surface area contributed by atoms with Crippen molar-refractivity contribution < 1.29 is 0 Å². The first-order chi connectivity index (χ1) is 14.1. The van der Waals surface area contributed by atoms with Crippen molar-refractivity contribution in [3.63, 3.8) is 0 Å². The summed E-state index contributed by atoms with van der Waals surface area (Å²) in [4.78, 5) is 12.8. The first kappa shape index (κ1) is 19.7. The Kier molecular flexibility index (Phi) is 5.49. The van der Waals surface area contributed by atoms with Gasteiger partial charge >= 0.3 is 0 Å². The van der Waals surface area contributed by atoms with Crippen LogP contribution in [0.3, 0.4) is 0 Å². The van der Waals surface area contributed by atoms with E-state index in [-0.39, 0.29) is 0 Å². The van der Waals surface area contributed by atoms with Gasteiger partial charge in [0, 0.05) is 32.2 Å². The van der Waals surface area contributed by atoms with Gasteiger partial charge in [0.2, 0.25) is 0 Å². The Hall–Kier alpha value is -1.29. The molecule has 4 nitrogen and oxygen atoms in total. The molecule has 0 bridgehead atoms. The normalized spacial score (nSPS) is 31.1. The van der Waals surface area contributed by atoms with Crippen LogP contribution in [0.5, 0.6) is 0 Å². The van der Waals surface area contributed by atoms with Gasteiger partial charge < -0.3 is 14.7 Å². The van der Waals surface area contributed by atoms with Gasteiger partial charge in [-0.05, 0) is 87.4 Å². The van der Waals surface area contributed by atoms with E-state index >= 15 is 0 Å². The number of hydrogen-bond acceptors (Lipinski definition) is 4. The molecule has 0 amide bonds. The topological polar surface area (TPSA) is 22.6 Å². The van der Waals surface area contributed by atoms with Gasteiger partial charge in [0.15, 0.2) is 0 Å². The van der Waals surface area contributed by atoms with Crippen molar-refractivity contribution >= 4 is 11.5 Å². The molecule has 1 spiro atoms. The Bertz CT molecular complexity index is 655. The predicted molar refractivity (Wildman–Crippen MR) is 122 cm³/mol. The lowest BCUT2D eigenvalue weighted by atomic mass is 9.70. The Morgan fingerprint density at radius 3 is 2.07 bits per heavy atom. The van der Waals surface area contributed by atoms with Crippen molar-refractivity contribution in [2.45, 2.75) is 71.3 Å². The summed E-state index contributed by atoms with van der Waals surface area (Å²) in [6.07, 6.45) is 13.4. The number of nitrogens with zero attached hydrogens (tertiary/aromatic N) is 4. The second-order valence-electron chi connectivity index (χ2n) is 10.8. The average Bonchev–Trinajstić information content (AvgIpc) is 2.69. The van der Waals surface area contributed by atoms with Gasteiger partial charge in [0.25, 0.3) is 0 Å². The van der Waals surface area contributed by atoms with Gasteiger partial charge in [-0.15, -0.1) is 0 Å². The van der Waals surface area contributed by atoms with E-state index in [2.05, 4.69) is 46.9 Å². The summed E-state index contributed by atoms with van der Waals surface area (Å²) in [5.74, 6) is 2.76. The molecule has 4 heterocycles. The molecule has 1 aromatic heterocycles. The highest BCUT2D eigenvalue weighted by Gasteiger charge is 2.39. The summed E-state index contributed by atoms with van der Waals surface area (Å²) < 4.78 is 0. The Morgan fingerprint density at radius 1 is 0.862 bits per heavy atom. The van der Waals surface area contributed by atoms with Gasteiger partial charge in [-0.2, -0.15) is 0 Å². The zero-order valence-corrected chi connectivity index (χ0v) is 18.7. The van der Waals surface area contributed by atoms with Crippen LogP contribution >= 0.6 is 0 Å². The minimum atomic E-state index is 0.622. The molecule has 5 rings (SSSR count). The highest BCUT2D eigenvalue weighted by atomic mass is 15.2. The number of aromatic nitrogens is 1. The maximum atomic E-state index is 4.89. The lowest BCUT2D eigenvalue weighted by Crippen LogP contribution is -2.51. The molecule has 2 atom stereocenters. The van der Waals surface area contributed by atoms with Gasteiger partial charge in [0.05, 0.1) is 11.9 Å². The van der Waals surface area contributed by atoms with E-state index in [9.17, 15) is 0 Å². The smallest absolute Gasteiger partial charge is 0.128 e. The van der Waals surface area contributed by atoms with Crippen LogP contribution in [0.15, 0.2) is 18.3 Å². The molecular formula is C25H40N4. The van der Waals surface area contributed by atoms with Crippen molar-refractivity contribution in [2.24, 2.45) is 17.3 Å². The van der Waals surface area contributed by atoms with Crippen LogP contribution in [0.25, 0.3) is 0 Å². The van der Waals surface area contributed by atoms with Gasteiger partial charge in [-0.1, -0.05) is 20.3 Å². The molecule has 1 aromatic rings. The van der Waals surface area contributed by atoms with Crippen molar-refractivity contribution in [1.29, 1.82) is 0 Å². The van der Waals surface area contributed by atoms with Crippen LogP contribution in [-0.2, 0) is 0 Å². The van der Waals surface area contributed by atoms with E-state index in [1.807, 2.05) is 0 Å². The molecule has 2 unspecified atom stereocenters. The van der Waals surface area contributed by atoms with Gasteiger partial charge in [-0.3, -0.25) is 0 Å². The molecule has 29 heavy (non-hydrogen) atoms. The number of pyridine rings is 1. The third kappa shape index (κ3) is 4.15. The average molecular weight is 397 g/mol. The molecule has 3 saturated heterocycles. The standard InChI is InChI=1S/C25H40N4/c1-20-16-21(2)19-29(18-20)23-6-7-24(26-17-23)28-14-10-25(11-15-28)8-12-27(13-9-25)22-4-3-5-22/h6-7,17,20-22H,3-5,8-16,18-19H2,1-2H3. The fraction of sp³-hybridized carbons (Fsp3) is 0.800. The summed E-state index contributed by atoms with van der Waals surface area (Å²) in [5.41, 5.74) is 1.93. The Labute approximate surface area is 177 Å². The zero-order valence-electron chi connectivity index (χ0n) is 18.7. The SMILES string of the molecule is CC1CC(C)CN(c2ccc(N3CCC4(CC3)CCN(C3CCC3)CC4)nc2)C1. The maximum Gasteiger partial charge on any atom is 0.128 e. The van der Waals surface area contributed by atoms with Crippen LogP contribution in [0, 0.1) is 17.3 Å². The summed E-state index contributed by atoms with van der Waals surface area (Å²) in [7, 11) is 0. The minimum absolute atomic E-state index is 0.622. The molecular weight excluding hydrogens is 356 g/mol. The predicted octanol–water partition coefficient (Wildman–Crippen LogP) is 4.80. The molecule has 0 radical (unpaired) electrons. The third-order valence-corrected chi connectivity index (χ3v) is 8.56. The zero-order chi connectivity index (χ0) is 19.8. The lowest BCUT2D eigenvalue weighted by Gasteiger charge is -2.50. The fourth-order valence-electron chi connectivity index (χ4n) is 6.45. The maximum absolute atomic E-state index is 4.89. The van der Waals surface area contributed by atoms with Crippen LogP contribution < -0.4 is 9.80 Å². The van der Waals surface area contributed by atoms with E-state index in [1.165, 1.54) is 102 Å². The number of piperidine rings is 3. The van der Waals surface area contributed by atoms with Crippen molar-refractivity contribution in [1.82, 2.24) is 9.88 Å². The fourth-order valence-corrected chi connectivity index (χ4v) is 6.45. The molecule has 160 valence electrons. The first-order valence-corrected chi connectivity index (χ1v) is 12.3. The first-order valence-electron chi connectivity index (χ1n) is 12.3. The summed E-state index contributed by atoms with van der Waals surface area (Å²) >= 11 is 0. The van der Waals surface area contributed by atoms with E-state index in [4.69, 9.17) is 4.98 Å². The van der Waals surface area contributed by atoms with E-state index in [1.54, 1.807) is 0 Å². The van der Waals surface area contributed by atoms with Crippen LogP contribution in [0.2, 0.25) is 0 Å². The monoisotopic (exact) mass is 396 g/mol. The van der Waals surface area contributed by atoms with E-state index < -0.39 is 0 Å². The summed E-state index contributed by atoms with van der Waals surface area (Å²) in [6, 6.07) is 5.52. The van der Waals surface area contributed by atoms with E-state index in [0.717, 1.165) is 17.9 Å². The molecule has 4 aliphatic rings. The Morgan fingerprint density at radius 2 is 1.52 bits per heavy atom. The van der Waals surface area contributed by atoms with Crippen molar-refractivity contribution in [3.05, 3.63) is 18.3 Å². The Balaban J connectivity index is 1.15. The molecule has 0 aromatic carbocycles. The van der Waals surface area contributed by atoms with Crippen LogP contribution in [0.1, 0.15) is 65.2 Å².